The number of carbonyl (C=O) groups excluding carboxylic acids is 1. The van der Waals surface area contributed by atoms with Crippen molar-refractivity contribution >= 4 is 21.6 Å². The molecule has 0 unspecified atom stereocenters. The van der Waals surface area contributed by atoms with Gasteiger partial charge in [0.2, 0.25) is 15.9 Å². The van der Waals surface area contributed by atoms with Gasteiger partial charge in [0.25, 0.3) is 0 Å². The molecule has 1 heterocycles. The third kappa shape index (κ3) is 2.48. The number of hydrogen-bond acceptors (Lipinski definition) is 3. The van der Waals surface area contributed by atoms with E-state index in [-0.39, 0.29) is 23.3 Å². The fourth-order valence-electron chi connectivity index (χ4n) is 1.75. The minimum absolute atomic E-state index is 0.105. The van der Waals surface area contributed by atoms with E-state index in [4.69, 9.17) is 0 Å². The first-order chi connectivity index (χ1) is 7.88. The van der Waals surface area contributed by atoms with Gasteiger partial charge in [-0.2, -0.15) is 0 Å². The van der Waals surface area contributed by atoms with Gasteiger partial charge in [0.1, 0.15) is 0 Å². The molecule has 1 aliphatic rings. The summed E-state index contributed by atoms with van der Waals surface area (Å²) in [5.74, 6) is -0.105. The van der Waals surface area contributed by atoms with E-state index in [1.54, 1.807) is 19.9 Å². The molecule has 1 aromatic carbocycles. The quantitative estimate of drug-likeness (QED) is 0.840. The van der Waals surface area contributed by atoms with E-state index in [0.29, 0.717) is 5.69 Å². The summed E-state index contributed by atoms with van der Waals surface area (Å²) in [7, 11) is -3.49. The summed E-state index contributed by atoms with van der Waals surface area (Å²) in [6.45, 7) is 3.52. The van der Waals surface area contributed by atoms with Gasteiger partial charge in [0, 0.05) is 11.7 Å². The van der Waals surface area contributed by atoms with Crippen LogP contribution in [-0.2, 0) is 21.2 Å². The van der Waals surface area contributed by atoms with E-state index >= 15 is 0 Å². The lowest BCUT2D eigenvalue weighted by Gasteiger charge is -2.10. The topological polar surface area (TPSA) is 75.3 Å². The summed E-state index contributed by atoms with van der Waals surface area (Å²) < 4.78 is 26.3. The lowest BCUT2D eigenvalue weighted by atomic mass is 10.2. The molecule has 5 nitrogen and oxygen atoms in total. The van der Waals surface area contributed by atoms with E-state index in [1.165, 1.54) is 12.1 Å². The molecule has 6 heteroatoms. The van der Waals surface area contributed by atoms with E-state index in [0.717, 1.165) is 5.56 Å². The molecule has 92 valence electrons. The van der Waals surface area contributed by atoms with E-state index in [2.05, 4.69) is 10.0 Å². The Hall–Kier alpha value is -1.40. The number of anilines is 1. The maximum absolute atomic E-state index is 11.9. The molecule has 17 heavy (non-hydrogen) atoms. The highest BCUT2D eigenvalue weighted by Gasteiger charge is 2.22. The van der Waals surface area contributed by atoms with Gasteiger partial charge in [-0.1, -0.05) is 0 Å². The van der Waals surface area contributed by atoms with Crippen LogP contribution in [0.1, 0.15) is 19.4 Å². The van der Waals surface area contributed by atoms with Crippen molar-refractivity contribution < 1.29 is 13.2 Å². The second kappa shape index (κ2) is 4.12. The molecular formula is C11H14N2O3S. The van der Waals surface area contributed by atoms with Crippen LogP contribution in [0, 0.1) is 0 Å². The maximum atomic E-state index is 11.9. The van der Waals surface area contributed by atoms with Crippen LogP contribution < -0.4 is 10.0 Å². The summed E-state index contributed by atoms with van der Waals surface area (Å²) >= 11 is 0. The van der Waals surface area contributed by atoms with Crippen LogP contribution in [0.25, 0.3) is 0 Å². The first kappa shape index (κ1) is 12.1. The predicted molar refractivity (Wildman–Crippen MR) is 64.2 cm³/mol. The van der Waals surface area contributed by atoms with Gasteiger partial charge in [-0.25, -0.2) is 13.1 Å². The minimum Gasteiger partial charge on any atom is -0.326 e. The van der Waals surface area contributed by atoms with Crippen LogP contribution in [0.4, 0.5) is 5.69 Å². The lowest BCUT2D eigenvalue weighted by molar-refractivity contribution is -0.115. The van der Waals surface area contributed by atoms with E-state index < -0.39 is 10.0 Å². The number of sulfonamides is 1. The molecule has 0 saturated heterocycles. The largest absolute Gasteiger partial charge is 0.326 e. The normalized spacial score (nSPS) is 14.9. The van der Waals surface area contributed by atoms with Gasteiger partial charge < -0.3 is 5.32 Å². The van der Waals surface area contributed by atoms with Crippen molar-refractivity contribution in [2.75, 3.05) is 5.32 Å². The van der Waals surface area contributed by atoms with Gasteiger partial charge in [-0.05, 0) is 37.6 Å². The minimum atomic E-state index is -3.49. The molecule has 0 saturated carbocycles. The fourth-order valence-corrected chi connectivity index (χ4v) is 3.05. The Morgan fingerprint density at radius 3 is 2.71 bits per heavy atom. The number of amides is 1. The molecule has 1 aromatic rings. The van der Waals surface area contributed by atoms with Crippen molar-refractivity contribution in [3.8, 4) is 0 Å². The molecule has 0 aliphatic carbocycles. The number of carbonyl (C=O) groups is 1. The fraction of sp³-hybridized carbons (Fsp3) is 0.364. The van der Waals surface area contributed by atoms with Gasteiger partial charge in [0.05, 0.1) is 11.3 Å². The maximum Gasteiger partial charge on any atom is 0.240 e. The molecule has 0 fully saturated rings. The summed E-state index contributed by atoms with van der Waals surface area (Å²) in [5.41, 5.74) is 1.42. The molecule has 0 atom stereocenters. The van der Waals surface area contributed by atoms with Crippen molar-refractivity contribution in [2.45, 2.75) is 31.2 Å². The van der Waals surface area contributed by atoms with Crippen LogP contribution in [0.3, 0.4) is 0 Å². The zero-order valence-electron chi connectivity index (χ0n) is 9.65. The standard InChI is InChI=1S/C11H14N2O3S/c1-7(2)13-17(15,16)9-3-4-10-8(5-9)6-11(14)12-10/h3-5,7,13H,6H2,1-2H3,(H,12,14). The Kier molecular flexibility index (Phi) is 2.92. The summed E-state index contributed by atoms with van der Waals surface area (Å²) in [6, 6.07) is 4.50. The highest BCUT2D eigenvalue weighted by atomic mass is 32.2. The molecule has 1 aliphatic heterocycles. The smallest absolute Gasteiger partial charge is 0.240 e. The van der Waals surface area contributed by atoms with Gasteiger partial charge in [-0.15, -0.1) is 0 Å². The first-order valence-electron chi connectivity index (χ1n) is 5.33. The average molecular weight is 254 g/mol. The number of nitrogens with one attached hydrogen (secondary N) is 2. The van der Waals surface area contributed by atoms with Crippen LogP contribution in [0.2, 0.25) is 0 Å². The van der Waals surface area contributed by atoms with Gasteiger partial charge in [0.15, 0.2) is 0 Å². The number of hydrogen-bond donors (Lipinski definition) is 2. The molecule has 2 rings (SSSR count). The SMILES string of the molecule is CC(C)NS(=O)(=O)c1ccc2c(c1)CC(=O)N2. The number of fused-ring (bicyclic) bond motifs is 1. The molecule has 0 radical (unpaired) electrons. The number of benzene rings is 1. The van der Waals surface area contributed by atoms with Crippen molar-refractivity contribution in [2.24, 2.45) is 0 Å². The molecular weight excluding hydrogens is 240 g/mol. The Bertz CT molecular complexity index is 564. The molecule has 1 amide bonds. The second-order valence-electron chi connectivity index (χ2n) is 4.32. The van der Waals surface area contributed by atoms with Crippen molar-refractivity contribution in [3.05, 3.63) is 23.8 Å². The van der Waals surface area contributed by atoms with Crippen LogP contribution in [-0.4, -0.2) is 20.4 Å². The highest BCUT2D eigenvalue weighted by Crippen LogP contribution is 2.25. The summed E-state index contributed by atoms with van der Waals surface area (Å²) in [4.78, 5) is 11.4. The van der Waals surface area contributed by atoms with Crippen molar-refractivity contribution in [1.29, 1.82) is 0 Å². The predicted octanol–water partition coefficient (Wildman–Crippen LogP) is 0.868. The Balaban J connectivity index is 2.36. The Labute approximate surface area is 100 Å². The van der Waals surface area contributed by atoms with Gasteiger partial charge in [-0.3, -0.25) is 4.79 Å². The third-order valence-electron chi connectivity index (χ3n) is 2.40. The molecule has 2 N–H and O–H groups in total. The average Bonchev–Trinajstić information content (AvgIpc) is 2.54. The Morgan fingerprint density at radius 1 is 1.35 bits per heavy atom. The second-order valence-corrected chi connectivity index (χ2v) is 6.03. The van der Waals surface area contributed by atoms with E-state index in [1.807, 2.05) is 0 Å². The first-order valence-corrected chi connectivity index (χ1v) is 6.82. The highest BCUT2D eigenvalue weighted by molar-refractivity contribution is 7.89. The Morgan fingerprint density at radius 2 is 2.06 bits per heavy atom. The molecule has 0 aromatic heterocycles. The van der Waals surface area contributed by atoms with Crippen LogP contribution >= 0.6 is 0 Å². The van der Waals surface area contributed by atoms with E-state index in [9.17, 15) is 13.2 Å². The zero-order chi connectivity index (χ0) is 12.6. The summed E-state index contributed by atoms with van der Waals surface area (Å²) in [5, 5.41) is 2.66. The third-order valence-corrected chi connectivity index (χ3v) is 4.06. The monoisotopic (exact) mass is 254 g/mol. The summed E-state index contributed by atoms with van der Waals surface area (Å²) in [6.07, 6.45) is 0.236. The number of rotatable bonds is 3. The lowest BCUT2D eigenvalue weighted by Crippen LogP contribution is -2.30. The zero-order valence-corrected chi connectivity index (χ0v) is 10.5. The van der Waals surface area contributed by atoms with Crippen LogP contribution in [0.15, 0.2) is 23.1 Å². The van der Waals surface area contributed by atoms with Crippen LogP contribution in [0.5, 0.6) is 0 Å². The molecule has 0 bridgehead atoms. The van der Waals surface area contributed by atoms with Crippen molar-refractivity contribution in [3.63, 3.8) is 0 Å². The molecule has 0 spiro atoms. The van der Waals surface area contributed by atoms with Crippen molar-refractivity contribution in [1.82, 2.24) is 4.72 Å². The van der Waals surface area contributed by atoms with Gasteiger partial charge >= 0.3 is 0 Å².